The number of hydrogen-bond acceptors (Lipinski definition) is 5. The normalized spacial score (nSPS) is 33.1. The van der Waals surface area contributed by atoms with Gasteiger partial charge in [-0.05, 0) is 31.5 Å². The summed E-state index contributed by atoms with van der Waals surface area (Å²) in [6.07, 6.45) is -4.05. The molecular formula is C21H19F3N4O3. The fourth-order valence-electron chi connectivity index (χ4n) is 5.69. The van der Waals surface area contributed by atoms with Gasteiger partial charge in [0.25, 0.3) is 0 Å². The number of aliphatic hydroxyl groups is 1. The molecule has 1 saturated carbocycles. The third-order valence-electron chi connectivity index (χ3n) is 6.99. The molecule has 3 fully saturated rings. The summed E-state index contributed by atoms with van der Waals surface area (Å²) in [5.41, 5.74) is -1.55. The zero-order chi connectivity index (χ0) is 22.3. The topological polar surface area (TPSA) is 100 Å². The number of carbonyl (C=O) groups excluding carboxylic acids is 1. The van der Waals surface area contributed by atoms with E-state index in [1.165, 1.54) is 0 Å². The predicted molar refractivity (Wildman–Crippen MR) is 101 cm³/mol. The van der Waals surface area contributed by atoms with E-state index < -0.39 is 46.8 Å². The molecule has 2 aromatic rings. The summed E-state index contributed by atoms with van der Waals surface area (Å²) in [4.78, 5) is 13.5. The Bertz CT molecular complexity index is 1150. The van der Waals surface area contributed by atoms with E-state index in [0.717, 1.165) is 23.8 Å². The van der Waals surface area contributed by atoms with Gasteiger partial charge in [0.1, 0.15) is 6.07 Å². The number of alkyl halides is 3. The Labute approximate surface area is 175 Å². The van der Waals surface area contributed by atoms with Crippen LogP contribution in [0.1, 0.15) is 35.2 Å². The van der Waals surface area contributed by atoms with Crippen LogP contribution in [0.3, 0.4) is 0 Å². The highest BCUT2D eigenvalue weighted by atomic mass is 19.4. The number of nitriles is 1. The van der Waals surface area contributed by atoms with E-state index in [9.17, 15) is 28.3 Å². The van der Waals surface area contributed by atoms with E-state index in [0.29, 0.717) is 12.1 Å². The average Bonchev–Trinajstić information content (AvgIpc) is 2.91. The SMILES string of the molecule is Cc1nn(C)cc1[C@@]12C[C@]1(C(=O)Nc1cc(C(F)(F)F)ccc1C#N)[C@H]1C[C@H](O)[C@@H]2O1. The minimum Gasteiger partial charge on any atom is -0.390 e. The number of carbonyl (C=O) groups is 1. The van der Waals surface area contributed by atoms with Crippen molar-refractivity contribution in [2.75, 3.05) is 5.32 Å². The molecule has 1 aromatic carbocycles. The fourth-order valence-corrected chi connectivity index (χ4v) is 5.69. The molecule has 10 heteroatoms. The molecule has 5 atom stereocenters. The van der Waals surface area contributed by atoms with Gasteiger partial charge >= 0.3 is 6.18 Å². The minimum absolute atomic E-state index is 0.0642. The van der Waals surface area contributed by atoms with Gasteiger partial charge in [-0.1, -0.05) is 0 Å². The molecule has 2 aliphatic heterocycles. The summed E-state index contributed by atoms with van der Waals surface area (Å²) in [7, 11) is 1.75. The molecule has 0 unspecified atom stereocenters. The third-order valence-corrected chi connectivity index (χ3v) is 6.99. The molecule has 3 heterocycles. The standard InChI is InChI=1S/C21H19F3N4O3/c1-10-13(8-28(2)27-10)19-9-20(19,16-6-15(29)17(19)31-16)18(30)26-14-5-12(21(22,23)24)4-3-11(14)7-25/h3-5,8,15-17,29H,6,9H2,1-2H3,(H,26,30)/t15-,16+,17-,19+,20+/m0/s1. The maximum absolute atomic E-state index is 13.5. The van der Waals surface area contributed by atoms with Crippen LogP contribution < -0.4 is 5.32 Å². The van der Waals surface area contributed by atoms with Crippen molar-refractivity contribution in [1.29, 1.82) is 5.26 Å². The molecule has 2 N–H and O–H groups in total. The van der Waals surface area contributed by atoms with Gasteiger partial charge in [0, 0.05) is 30.6 Å². The number of halogens is 3. The third kappa shape index (κ3) is 2.47. The van der Waals surface area contributed by atoms with E-state index in [2.05, 4.69) is 10.4 Å². The quantitative estimate of drug-likeness (QED) is 0.776. The summed E-state index contributed by atoms with van der Waals surface area (Å²) in [6, 6.07) is 4.45. The van der Waals surface area contributed by atoms with Crippen molar-refractivity contribution in [3.05, 3.63) is 46.8 Å². The van der Waals surface area contributed by atoms with E-state index >= 15 is 0 Å². The number of nitrogens with zero attached hydrogens (tertiary/aromatic N) is 3. The molecule has 2 saturated heterocycles. The molecule has 5 rings (SSSR count). The van der Waals surface area contributed by atoms with Gasteiger partial charge in [-0.3, -0.25) is 9.48 Å². The molecule has 7 nitrogen and oxygen atoms in total. The number of hydrogen-bond donors (Lipinski definition) is 2. The lowest BCUT2D eigenvalue weighted by Crippen LogP contribution is -2.44. The molecule has 162 valence electrons. The van der Waals surface area contributed by atoms with Crippen molar-refractivity contribution in [1.82, 2.24) is 9.78 Å². The number of rotatable bonds is 3. The first-order valence-corrected chi connectivity index (χ1v) is 9.81. The molecule has 0 spiro atoms. The Hall–Kier alpha value is -2.90. The lowest BCUT2D eigenvalue weighted by atomic mass is 9.74. The van der Waals surface area contributed by atoms with Crippen molar-refractivity contribution in [2.24, 2.45) is 12.5 Å². The first kappa shape index (κ1) is 20.0. The maximum Gasteiger partial charge on any atom is 0.416 e. The van der Waals surface area contributed by atoms with Crippen LogP contribution >= 0.6 is 0 Å². The van der Waals surface area contributed by atoms with Crippen LogP contribution in [0.25, 0.3) is 0 Å². The first-order chi connectivity index (χ1) is 14.5. The Morgan fingerprint density at radius 2 is 2.19 bits per heavy atom. The lowest BCUT2D eigenvalue weighted by Gasteiger charge is -2.29. The highest BCUT2D eigenvalue weighted by Crippen LogP contribution is 2.78. The number of aliphatic hydroxyl groups excluding tert-OH is 1. The molecule has 31 heavy (non-hydrogen) atoms. The van der Waals surface area contributed by atoms with Crippen LogP contribution in [0.15, 0.2) is 24.4 Å². The van der Waals surface area contributed by atoms with Crippen molar-refractivity contribution < 1.29 is 27.8 Å². The van der Waals surface area contributed by atoms with Crippen molar-refractivity contribution in [3.63, 3.8) is 0 Å². The molecule has 3 aliphatic rings. The summed E-state index contributed by atoms with van der Waals surface area (Å²) in [6.45, 7) is 1.81. The number of anilines is 1. The Kier molecular flexibility index (Phi) is 3.93. The molecule has 2 bridgehead atoms. The zero-order valence-electron chi connectivity index (χ0n) is 16.7. The van der Waals surface area contributed by atoms with Gasteiger partial charge in [-0.2, -0.15) is 23.5 Å². The summed E-state index contributed by atoms with van der Waals surface area (Å²) in [5, 5.41) is 26.7. The van der Waals surface area contributed by atoms with Gasteiger partial charge in [-0.25, -0.2) is 0 Å². The average molecular weight is 432 g/mol. The number of amides is 1. The van der Waals surface area contributed by atoms with Crippen LogP contribution in [-0.4, -0.2) is 39.1 Å². The molecule has 1 aromatic heterocycles. The number of benzene rings is 1. The number of ether oxygens (including phenoxy) is 1. The van der Waals surface area contributed by atoms with Gasteiger partial charge in [0.05, 0.1) is 46.2 Å². The minimum atomic E-state index is -4.61. The monoisotopic (exact) mass is 432 g/mol. The van der Waals surface area contributed by atoms with Gasteiger partial charge in [0.2, 0.25) is 5.91 Å². The highest BCUT2D eigenvalue weighted by molar-refractivity contribution is 6.02. The van der Waals surface area contributed by atoms with E-state index in [4.69, 9.17) is 4.74 Å². The largest absolute Gasteiger partial charge is 0.416 e. The number of fused-ring (bicyclic) bond motifs is 5. The van der Waals surface area contributed by atoms with Crippen LogP contribution in [0.2, 0.25) is 0 Å². The smallest absolute Gasteiger partial charge is 0.390 e. The number of nitrogens with one attached hydrogen (secondary N) is 1. The Morgan fingerprint density at radius 1 is 1.45 bits per heavy atom. The van der Waals surface area contributed by atoms with Crippen molar-refractivity contribution in [2.45, 2.75) is 49.7 Å². The fraction of sp³-hybridized carbons (Fsp3) is 0.476. The molecular weight excluding hydrogens is 413 g/mol. The van der Waals surface area contributed by atoms with Crippen LogP contribution in [-0.2, 0) is 28.2 Å². The summed E-state index contributed by atoms with van der Waals surface area (Å²) < 4.78 is 47.1. The second kappa shape index (κ2) is 6.08. The van der Waals surface area contributed by atoms with Crippen LogP contribution in [0.5, 0.6) is 0 Å². The first-order valence-electron chi connectivity index (χ1n) is 9.81. The zero-order valence-corrected chi connectivity index (χ0v) is 16.7. The maximum atomic E-state index is 13.5. The molecule has 1 aliphatic carbocycles. The molecule has 0 radical (unpaired) electrons. The lowest BCUT2D eigenvalue weighted by molar-refractivity contribution is -0.137. The number of aromatic nitrogens is 2. The van der Waals surface area contributed by atoms with Crippen molar-refractivity contribution in [3.8, 4) is 6.07 Å². The van der Waals surface area contributed by atoms with Gasteiger partial charge < -0.3 is 15.2 Å². The van der Waals surface area contributed by atoms with E-state index in [1.807, 2.05) is 13.0 Å². The summed E-state index contributed by atoms with van der Waals surface area (Å²) in [5.74, 6) is -0.508. The van der Waals surface area contributed by atoms with Gasteiger partial charge in [0.15, 0.2) is 0 Å². The second-order valence-electron chi connectivity index (χ2n) is 8.59. The van der Waals surface area contributed by atoms with Gasteiger partial charge in [-0.15, -0.1) is 0 Å². The van der Waals surface area contributed by atoms with E-state index in [-0.39, 0.29) is 17.7 Å². The summed E-state index contributed by atoms with van der Waals surface area (Å²) >= 11 is 0. The van der Waals surface area contributed by atoms with Crippen LogP contribution in [0, 0.1) is 23.7 Å². The van der Waals surface area contributed by atoms with Crippen molar-refractivity contribution >= 4 is 11.6 Å². The Balaban J connectivity index is 1.55. The Morgan fingerprint density at radius 3 is 2.81 bits per heavy atom. The van der Waals surface area contributed by atoms with Crippen LogP contribution in [0.4, 0.5) is 18.9 Å². The molecule has 1 amide bonds. The second-order valence-corrected chi connectivity index (χ2v) is 8.59. The number of aryl methyl sites for hydroxylation is 2. The highest BCUT2D eigenvalue weighted by Gasteiger charge is 2.87. The predicted octanol–water partition coefficient (Wildman–Crippen LogP) is 2.42. The van der Waals surface area contributed by atoms with E-state index in [1.54, 1.807) is 17.9 Å².